The quantitative estimate of drug-likeness (QED) is 0.727. The molecule has 0 aliphatic carbocycles. The molecule has 1 atom stereocenters. The van der Waals surface area contributed by atoms with Crippen LogP contribution in [0.1, 0.15) is 12.0 Å². The Balaban J connectivity index is 2.48. The van der Waals surface area contributed by atoms with Gasteiger partial charge in [-0.2, -0.15) is 5.26 Å². The van der Waals surface area contributed by atoms with Crippen LogP contribution in [0.3, 0.4) is 0 Å². The largest absolute Gasteiger partial charge is 0.326 e. The highest BCUT2D eigenvalue weighted by Crippen LogP contribution is 2.02. The van der Waals surface area contributed by atoms with Gasteiger partial charge in [0.15, 0.2) is 0 Å². The van der Waals surface area contributed by atoms with Crippen molar-refractivity contribution < 1.29 is 0 Å². The number of nitriles is 1. The maximum atomic E-state index is 8.38. The maximum Gasteiger partial charge on any atom is 0.0638 e. The van der Waals surface area contributed by atoms with Crippen LogP contribution in [0.5, 0.6) is 0 Å². The second-order valence-electron chi connectivity index (χ2n) is 2.81. The van der Waals surface area contributed by atoms with Crippen LogP contribution < -0.4 is 5.73 Å². The highest BCUT2D eigenvalue weighted by Gasteiger charge is 2.01. The van der Waals surface area contributed by atoms with Gasteiger partial charge in [-0.3, -0.25) is 0 Å². The molecule has 1 aromatic rings. The lowest BCUT2D eigenvalue weighted by Crippen LogP contribution is -2.21. The van der Waals surface area contributed by atoms with Crippen LogP contribution in [0, 0.1) is 11.3 Å². The molecule has 0 spiro atoms. The van der Waals surface area contributed by atoms with Crippen LogP contribution in [0.25, 0.3) is 0 Å². The molecule has 0 heterocycles. The Morgan fingerprint density at radius 1 is 1.33 bits per heavy atom. The van der Waals surface area contributed by atoms with E-state index in [4.69, 9.17) is 11.0 Å². The lowest BCUT2D eigenvalue weighted by Gasteiger charge is -2.05. The number of benzene rings is 1. The summed E-state index contributed by atoms with van der Waals surface area (Å²) >= 11 is 0. The van der Waals surface area contributed by atoms with Crippen molar-refractivity contribution in [2.24, 2.45) is 5.73 Å². The van der Waals surface area contributed by atoms with Crippen molar-refractivity contribution in [1.29, 1.82) is 5.26 Å². The van der Waals surface area contributed by atoms with Crippen molar-refractivity contribution >= 4 is 0 Å². The molecule has 0 radical (unpaired) electrons. The monoisotopic (exact) mass is 160 g/mol. The summed E-state index contributed by atoms with van der Waals surface area (Å²) in [6, 6.07) is 12.0. The molecular weight excluding hydrogens is 148 g/mol. The van der Waals surface area contributed by atoms with E-state index in [-0.39, 0.29) is 6.04 Å². The van der Waals surface area contributed by atoms with Gasteiger partial charge < -0.3 is 5.73 Å². The third kappa shape index (κ3) is 2.73. The molecule has 2 heteroatoms. The predicted octanol–water partition coefficient (Wildman–Crippen LogP) is 1.47. The van der Waals surface area contributed by atoms with Crippen molar-refractivity contribution in [2.75, 3.05) is 0 Å². The summed E-state index contributed by atoms with van der Waals surface area (Å²) in [5.41, 5.74) is 6.89. The number of hydrogen-bond acceptors (Lipinski definition) is 2. The smallest absolute Gasteiger partial charge is 0.0638 e. The molecule has 0 saturated heterocycles. The summed E-state index contributed by atoms with van der Waals surface area (Å²) in [5, 5.41) is 8.38. The maximum absolute atomic E-state index is 8.38. The summed E-state index contributed by atoms with van der Waals surface area (Å²) in [4.78, 5) is 0. The van der Waals surface area contributed by atoms with Gasteiger partial charge in [0.25, 0.3) is 0 Å². The number of nitrogens with two attached hydrogens (primary N) is 1. The van der Waals surface area contributed by atoms with E-state index in [1.54, 1.807) is 0 Å². The SMILES string of the molecule is N#CC[C@H](N)Cc1ccccc1. The first kappa shape index (κ1) is 8.76. The lowest BCUT2D eigenvalue weighted by molar-refractivity contribution is 0.685. The summed E-state index contributed by atoms with van der Waals surface area (Å²) in [6.45, 7) is 0. The van der Waals surface area contributed by atoms with Crippen LogP contribution in [-0.2, 0) is 6.42 Å². The second-order valence-corrected chi connectivity index (χ2v) is 2.81. The molecule has 12 heavy (non-hydrogen) atoms. The van der Waals surface area contributed by atoms with Crippen molar-refractivity contribution in [1.82, 2.24) is 0 Å². The Hall–Kier alpha value is -1.33. The van der Waals surface area contributed by atoms with E-state index in [0.717, 1.165) is 6.42 Å². The lowest BCUT2D eigenvalue weighted by atomic mass is 10.1. The van der Waals surface area contributed by atoms with E-state index in [2.05, 4.69) is 6.07 Å². The van der Waals surface area contributed by atoms with E-state index < -0.39 is 0 Å². The molecule has 0 aliphatic rings. The first-order chi connectivity index (χ1) is 5.83. The van der Waals surface area contributed by atoms with Crippen LogP contribution in [0.15, 0.2) is 30.3 Å². The molecule has 0 unspecified atom stereocenters. The van der Waals surface area contributed by atoms with Gasteiger partial charge in [-0.25, -0.2) is 0 Å². The molecule has 2 N–H and O–H groups in total. The topological polar surface area (TPSA) is 49.8 Å². The number of hydrogen-bond donors (Lipinski definition) is 1. The van der Waals surface area contributed by atoms with Gasteiger partial charge in [0.05, 0.1) is 12.5 Å². The fraction of sp³-hybridized carbons (Fsp3) is 0.300. The first-order valence-corrected chi connectivity index (χ1v) is 3.99. The van der Waals surface area contributed by atoms with Gasteiger partial charge >= 0.3 is 0 Å². The van der Waals surface area contributed by atoms with E-state index in [1.807, 2.05) is 30.3 Å². The standard InChI is InChI=1S/C10H12N2/c11-7-6-10(12)8-9-4-2-1-3-5-9/h1-5,10H,6,8,12H2/t10-/m0/s1. The molecule has 0 fully saturated rings. The predicted molar refractivity (Wildman–Crippen MR) is 48.4 cm³/mol. The number of rotatable bonds is 3. The minimum atomic E-state index is -0.0302. The molecule has 2 nitrogen and oxygen atoms in total. The average molecular weight is 160 g/mol. The zero-order valence-corrected chi connectivity index (χ0v) is 6.90. The van der Waals surface area contributed by atoms with E-state index in [0.29, 0.717) is 6.42 Å². The van der Waals surface area contributed by atoms with Crippen molar-refractivity contribution in [3.05, 3.63) is 35.9 Å². The van der Waals surface area contributed by atoms with Crippen LogP contribution in [0.4, 0.5) is 0 Å². The van der Waals surface area contributed by atoms with Gasteiger partial charge in [0, 0.05) is 6.04 Å². The van der Waals surface area contributed by atoms with Crippen LogP contribution in [0.2, 0.25) is 0 Å². The van der Waals surface area contributed by atoms with Gasteiger partial charge in [0.1, 0.15) is 0 Å². The van der Waals surface area contributed by atoms with Crippen molar-refractivity contribution in [3.8, 4) is 6.07 Å². The molecule has 0 bridgehead atoms. The molecule has 1 aromatic carbocycles. The zero-order chi connectivity index (χ0) is 8.81. The van der Waals surface area contributed by atoms with E-state index in [9.17, 15) is 0 Å². The molecule has 62 valence electrons. The van der Waals surface area contributed by atoms with Gasteiger partial charge in [-0.1, -0.05) is 30.3 Å². The third-order valence-corrected chi connectivity index (χ3v) is 1.69. The third-order valence-electron chi connectivity index (χ3n) is 1.69. The van der Waals surface area contributed by atoms with Gasteiger partial charge in [0.2, 0.25) is 0 Å². The van der Waals surface area contributed by atoms with Crippen LogP contribution >= 0.6 is 0 Å². The summed E-state index contributed by atoms with van der Waals surface area (Å²) in [7, 11) is 0. The molecule has 0 aromatic heterocycles. The Bertz CT molecular complexity index is 261. The molecule has 0 saturated carbocycles. The fourth-order valence-corrected chi connectivity index (χ4v) is 1.11. The number of nitrogens with zero attached hydrogens (tertiary/aromatic N) is 1. The Kier molecular flexibility index (Phi) is 3.31. The zero-order valence-electron chi connectivity index (χ0n) is 6.90. The molecular formula is C10H12N2. The minimum absolute atomic E-state index is 0.0302. The van der Waals surface area contributed by atoms with Gasteiger partial charge in [-0.05, 0) is 12.0 Å². The summed E-state index contributed by atoms with van der Waals surface area (Å²) in [5.74, 6) is 0. The summed E-state index contributed by atoms with van der Waals surface area (Å²) in [6.07, 6.45) is 1.21. The van der Waals surface area contributed by atoms with Crippen molar-refractivity contribution in [3.63, 3.8) is 0 Å². The Labute approximate surface area is 72.6 Å². The normalized spacial score (nSPS) is 12.0. The highest BCUT2D eigenvalue weighted by molar-refractivity contribution is 5.15. The highest BCUT2D eigenvalue weighted by atomic mass is 14.6. The average Bonchev–Trinajstić information content (AvgIpc) is 2.06. The van der Waals surface area contributed by atoms with Crippen LogP contribution in [-0.4, -0.2) is 6.04 Å². The molecule has 1 rings (SSSR count). The fourth-order valence-electron chi connectivity index (χ4n) is 1.11. The summed E-state index contributed by atoms with van der Waals surface area (Å²) < 4.78 is 0. The minimum Gasteiger partial charge on any atom is -0.326 e. The van der Waals surface area contributed by atoms with E-state index >= 15 is 0 Å². The molecule has 0 aliphatic heterocycles. The van der Waals surface area contributed by atoms with Crippen molar-refractivity contribution in [2.45, 2.75) is 18.9 Å². The van der Waals surface area contributed by atoms with E-state index in [1.165, 1.54) is 5.56 Å². The first-order valence-electron chi connectivity index (χ1n) is 3.99. The van der Waals surface area contributed by atoms with Gasteiger partial charge in [-0.15, -0.1) is 0 Å². The second kappa shape index (κ2) is 4.53. The molecule has 0 amide bonds. The Morgan fingerprint density at radius 3 is 2.58 bits per heavy atom. The Morgan fingerprint density at radius 2 is 2.00 bits per heavy atom.